The third kappa shape index (κ3) is 2.66. The first-order chi connectivity index (χ1) is 8.96. The normalized spacial score (nSPS) is 14.4. The fourth-order valence-corrected chi connectivity index (χ4v) is 2.18. The van der Waals surface area contributed by atoms with Gasteiger partial charge in [0.25, 0.3) is 0 Å². The second kappa shape index (κ2) is 5.09. The summed E-state index contributed by atoms with van der Waals surface area (Å²) in [6.45, 7) is 1.63. The highest BCUT2D eigenvalue weighted by Crippen LogP contribution is 2.32. The first-order valence-corrected chi connectivity index (χ1v) is 5.84. The van der Waals surface area contributed by atoms with Crippen LogP contribution in [0.5, 0.6) is 0 Å². The lowest BCUT2D eigenvalue weighted by Crippen LogP contribution is -2.36. The molecule has 0 saturated carbocycles. The zero-order valence-corrected chi connectivity index (χ0v) is 10.4. The molecule has 1 unspecified atom stereocenters. The van der Waals surface area contributed by atoms with E-state index >= 15 is 0 Å². The molecule has 1 aromatic heterocycles. The molecule has 0 aliphatic carbocycles. The van der Waals surface area contributed by atoms with Crippen molar-refractivity contribution in [3.05, 3.63) is 59.3 Å². The van der Waals surface area contributed by atoms with Crippen LogP contribution >= 0.6 is 0 Å². The van der Waals surface area contributed by atoms with Gasteiger partial charge >= 0.3 is 0 Å². The van der Waals surface area contributed by atoms with E-state index in [9.17, 15) is 13.2 Å². The lowest BCUT2D eigenvalue weighted by Gasteiger charge is -2.28. The zero-order valence-electron chi connectivity index (χ0n) is 10.4. The molecule has 2 aromatic rings. The number of rotatable bonds is 4. The molecule has 0 aliphatic rings. The van der Waals surface area contributed by atoms with Gasteiger partial charge in [-0.1, -0.05) is 6.92 Å². The molecule has 0 saturated heterocycles. The number of hydrogen-bond acceptors (Lipinski definition) is 2. The molecule has 0 aliphatic heterocycles. The van der Waals surface area contributed by atoms with Gasteiger partial charge in [0.05, 0.1) is 6.26 Å². The molecule has 5 heteroatoms. The SMILES string of the molecule is CC(CN)(Cc1ccco1)c1c(F)cc(F)cc1F. The van der Waals surface area contributed by atoms with Crippen molar-refractivity contribution in [2.45, 2.75) is 18.8 Å². The van der Waals surface area contributed by atoms with Crippen LogP contribution in [0.25, 0.3) is 0 Å². The molecule has 2 rings (SSSR count). The number of halogens is 3. The average molecular weight is 269 g/mol. The van der Waals surface area contributed by atoms with E-state index in [-0.39, 0.29) is 18.5 Å². The third-order valence-corrected chi connectivity index (χ3v) is 3.21. The van der Waals surface area contributed by atoms with Crippen LogP contribution in [0.4, 0.5) is 13.2 Å². The van der Waals surface area contributed by atoms with Crippen molar-refractivity contribution in [3.63, 3.8) is 0 Å². The zero-order chi connectivity index (χ0) is 14.0. The fourth-order valence-electron chi connectivity index (χ4n) is 2.18. The highest BCUT2D eigenvalue weighted by molar-refractivity contribution is 5.31. The fraction of sp³-hybridized carbons (Fsp3) is 0.286. The summed E-state index contributed by atoms with van der Waals surface area (Å²) in [5.41, 5.74) is 4.45. The minimum atomic E-state index is -1.00. The van der Waals surface area contributed by atoms with Crippen molar-refractivity contribution in [3.8, 4) is 0 Å². The largest absolute Gasteiger partial charge is 0.469 e. The monoisotopic (exact) mass is 269 g/mol. The predicted molar refractivity (Wildman–Crippen MR) is 65.1 cm³/mol. The lowest BCUT2D eigenvalue weighted by atomic mass is 9.78. The van der Waals surface area contributed by atoms with Gasteiger partial charge in [-0.05, 0) is 12.1 Å². The predicted octanol–water partition coefficient (Wildman–Crippen LogP) is 3.16. The van der Waals surface area contributed by atoms with Crippen LogP contribution in [0.2, 0.25) is 0 Å². The van der Waals surface area contributed by atoms with E-state index in [1.807, 2.05) is 0 Å². The van der Waals surface area contributed by atoms with Gasteiger partial charge in [0, 0.05) is 36.1 Å². The Bertz CT molecular complexity index is 545. The molecule has 0 radical (unpaired) electrons. The molecule has 102 valence electrons. The van der Waals surface area contributed by atoms with Gasteiger partial charge in [-0.25, -0.2) is 13.2 Å². The first kappa shape index (κ1) is 13.7. The van der Waals surface area contributed by atoms with Gasteiger partial charge in [0.2, 0.25) is 0 Å². The van der Waals surface area contributed by atoms with E-state index in [1.165, 1.54) is 6.26 Å². The van der Waals surface area contributed by atoms with Gasteiger partial charge in [0.1, 0.15) is 23.2 Å². The molecule has 0 fully saturated rings. The summed E-state index contributed by atoms with van der Waals surface area (Å²) in [6, 6.07) is 4.71. The second-order valence-electron chi connectivity index (χ2n) is 4.77. The summed E-state index contributed by atoms with van der Waals surface area (Å²) in [5.74, 6) is -2.25. The van der Waals surface area contributed by atoms with Crippen molar-refractivity contribution in [1.29, 1.82) is 0 Å². The molecule has 1 atom stereocenters. The minimum absolute atomic E-state index is 0.00712. The van der Waals surface area contributed by atoms with Gasteiger partial charge < -0.3 is 10.2 Å². The van der Waals surface area contributed by atoms with Crippen LogP contribution in [0.3, 0.4) is 0 Å². The van der Waals surface area contributed by atoms with Crippen LogP contribution in [0.1, 0.15) is 18.2 Å². The van der Waals surface area contributed by atoms with Gasteiger partial charge in [-0.2, -0.15) is 0 Å². The van der Waals surface area contributed by atoms with E-state index in [4.69, 9.17) is 10.2 Å². The van der Waals surface area contributed by atoms with Crippen molar-refractivity contribution in [2.24, 2.45) is 5.73 Å². The molecule has 19 heavy (non-hydrogen) atoms. The Morgan fingerprint density at radius 2 is 1.84 bits per heavy atom. The van der Waals surface area contributed by atoms with Crippen LogP contribution < -0.4 is 5.73 Å². The molecule has 2 nitrogen and oxygen atoms in total. The van der Waals surface area contributed by atoms with Crippen molar-refractivity contribution in [1.82, 2.24) is 0 Å². The Hall–Kier alpha value is -1.75. The highest BCUT2D eigenvalue weighted by atomic mass is 19.1. The molecule has 2 N–H and O–H groups in total. The van der Waals surface area contributed by atoms with Crippen LogP contribution in [0.15, 0.2) is 34.9 Å². The average Bonchev–Trinajstić information content (AvgIpc) is 2.80. The standard InChI is InChI=1S/C14H14F3NO/c1-14(8-18,7-10-3-2-4-19-10)13-11(16)5-9(15)6-12(13)17/h2-6H,7-8,18H2,1H3. The molecule has 0 bridgehead atoms. The maximum Gasteiger partial charge on any atom is 0.132 e. The smallest absolute Gasteiger partial charge is 0.132 e. The minimum Gasteiger partial charge on any atom is -0.469 e. The maximum absolute atomic E-state index is 13.9. The summed E-state index contributed by atoms with van der Waals surface area (Å²) in [6.07, 6.45) is 1.71. The van der Waals surface area contributed by atoms with E-state index < -0.39 is 22.9 Å². The Balaban J connectivity index is 2.46. The first-order valence-electron chi connectivity index (χ1n) is 5.84. The number of furan rings is 1. The summed E-state index contributed by atoms with van der Waals surface area (Å²) in [5, 5.41) is 0. The van der Waals surface area contributed by atoms with E-state index in [1.54, 1.807) is 19.1 Å². The van der Waals surface area contributed by atoms with Crippen LogP contribution in [0, 0.1) is 17.5 Å². The Morgan fingerprint density at radius 1 is 1.21 bits per heavy atom. The molecular weight excluding hydrogens is 255 g/mol. The lowest BCUT2D eigenvalue weighted by molar-refractivity contribution is 0.379. The van der Waals surface area contributed by atoms with Crippen molar-refractivity contribution in [2.75, 3.05) is 6.54 Å². The van der Waals surface area contributed by atoms with Gasteiger partial charge in [-0.3, -0.25) is 0 Å². The number of hydrogen-bond donors (Lipinski definition) is 1. The van der Waals surface area contributed by atoms with Crippen molar-refractivity contribution < 1.29 is 17.6 Å². The Labute approximate surface area is 109 Å². The topological polar surface area (TPSA) is 39.2 Å². The Morgan fingerprint density at radius 3 is 2.32 bits per heavy atom. The van der Waals surface area contributed by atoms with E-state index in [0.717, 1.165) is 0 Å². The van der Waals surface area contributed by atoms with Crippen LogP contribution in [-0.4, -0.2) is 6.54 Å². The summed E-state index contributed by atoms with van der Waals surface area (Å²) in [7, 11) is 0. The highest BCUT2D eigenvalue weighted by Gasteiger charge is 2.33. The molecule has 0 spiro atoms. The third-order valence-electron chi connectivity index (χ3n) is 3.21. The van der Waals surface area contributed by atoms with Crippen LogP contribution in [-0.2, 0) is 11.8 Å². The van der Waals surface area contributed by atoms with E-state index in [0.29, 0.717) is 17.9 Å². The van der Waals surface area contributed by atoms with Crippen molar-refractivity contribution >= 4 is 0 Å². The van der Waals surface area contributed by atoms with Gasteiger partial charge in [0.15, 0.2) is 0 Å². The summed E-state index contributed by atoms with van der Waals surface area (Å²) < 4.78 is 45.8. The molecule has 1 heterocycles. The second-order valence-corrected chi connectivity index (χ2v) is 4.77. The van der Waals surface area contributed by atoms with Gasteiger partial charge in [-0.15, -0.1) is 0 Å². The molecular formula is C14H14F3NO. The summed E-state index contributed by atoms with van der Waals surface area (Å²) in [4.78, 5) is 0. The summed E-state index contributed by atoms with van der Waals surface area (Å²) >= 11 is 0. The Kier molecular flexibility index (Phi) is 3.66. The van der Waals surface area contributed by atoms with E-state index in [2.05, 4.69) is 0 Å². The molecule has 0 amide bonds. The number of benzene rings is 1. The number of nitrogens with two attached hydrogens (primary N) is 1. The quantitative estimate of drug-likeness (QED) is 0.926. The molecule has 1 aromatic carbocycles. The maximum atomic E-state index is 13.9.